The van der Waals surface area contributed by atoms with Gasteiger partial charge in [-0.3, -0.25) is 4.98 Å². The van der Waals surface area contributed by atoms with E-state index in [1.54, 1.807) is 12.4 Å². The van der Waals surface area contributed by atoms with E-state index in [1.165, 1.54) is 0 Å². The first-order chi connectivity index (χ1) is 10.3. The van der Waals surface area contributed by atoms with Crippen LogP contribution in [0.4, 0.5) is 11.5 Å². The normalized spacial score (nSPS) is 10.1. The summed E-state index contributed by atoms with van der Waals surface area (Å²) in [5, 5.41) is 3.13. The van der Waals surface area contributed by atoms with Gasteiger partial charge in [0.25, 0.3) is 0 Å². The van der Waals surface area contributed by atoms with Crippen LogP contribution >= 0.6 is 0 Å². The highest BCUT2D eigenvalue weighted by Gasteiger charge is 2.00. The molecule has 112 valence electrons. The van der Waals surface area contributed by atoms with Crippen LogP contribution in [0.5, 0.6) is 11.6 Å². The Morgan fingerprint density at radius 1 is 1.14 bits per heavy atom. The number of ether oxygens (including phenoxy) is 2. The van der Waals surface area contributed by atoms with Crippen molar-refractivity contribution in [1.29, 1.82) is 0 Å². The number of hydrogen-bond acceptors (Lipinski definition) is 6. The molecule has 6 nitrogen and oxygen atoms in total. The van der Waals surface area contributed by atoms with Gasteiger partial charge in [0.1, 0.15) is 18.2 Å². The summed E-state index contributed by atoms with van der Waals surface area (Å²) in [5.41, 5.74) is 6.43. The number of rotatable bonds is 8. The summed E-state index contributed by atoms with van der Waals surface area (Å²) >= 11 is 0. The second kappa shape index (κ2) is 7.94. The molecule has 2 aromatic rings. The summed E-state index contributed by atoms with van der Waals surface area (Å²) in [5.74, 6) is 1.87. The quantitative estimate of drug-likeness (QED) is 0.573. The maximum atomic E-state index is 5.80. The largest absolute Gasteiger partial charge is 0.490 e. The lowest BCUT2D eigenvalue weighted by atomic mass is 10.3. The molecule has 1 aromatic carbocycles. The Labute approximate surface area is 124 Å². The number of para-hydroxylation sites is 2. The second-order valence-corrected chi connectivity index (χ2v) is 4.40. The van der Waals surface area contributed by atoms with Gasteiger partial charge in [-0.2, -0.15) is 4.98 Å². The minimum absolute atomic E-state index is 0.482. The minimum Gasteiger partial charge on any atom is -0.490 e. The third-order valence-corrected chi connectivity index (χ3v) is 2.65. The maximum Gasteiger partial charge on any atom is 0.234 e. The predicted molar refractivity (Wildman–Crippen MR) is 82.7 cm³/mol. The lowest BCUT2D eigenvalue weighted by Gasteiger charge is -2.10. The third kappa shape index (κ3) is 4.83. The molecule has 21 heavy (non-hydrogen) atoms. The van der Waals surface area contributed by atoms with E-state index in [2.05, 4.69) is 15.3 Å². The summed E-state index contributed by atoms with van der Waals surface area (Å²) in [6.45, 7) is 3.76. The standard InChI is InChI=1S/C15H20N4O2/c1-2-8-21-15-11-17-10-14(19-15)18-7-9-20-13-6-4-3-5-12(13)16/h3-6,10-11H,2,7-9,16H2,1H3,(H,18,19). The Hall–Kier alpha value is -2.50. The number of nitrogens with one attached hydrogen (secondary N) is 1. The first kappa shape index (κ1) is 14.9. The summed E-state index contributed by atoms with van der Waals surface area (Å²) in [7, 11) is 0. The molecular formula is C15H20N4O2. The summed E-state index contributed by atoms with van der Waals surface area (Å²) in [6, 6.07) is 7.41. The fourth-order valence-corrected chi connectivity index (χ4v) is 1.66. The molecule has 0 saturated heterocycles. The minimum atomic E-state index is 0.482. The topological polar surface area (TPSA) is 82.3 Å². The number of anilines is 2. The zero-order valence-corrected chi connectivity index (χ0v) is 12.1. The van der Waals surface area contributed by atoms with Crippen LogP contribution in [0.15, 0.2) is 36.7 Å². The van der Waals surface area contributed by atoms with Crippen LogP contribution in [0.3, 0.4) is 0 Å². The van der Waals surface area contributed by atoms with Gasteiger partial charge in [0.15, 0.2) is 0 Å². The van der Waals surface area contributed by atoms with E-state index in [-0.39, 0.29) is 0 Å². The molecule has 0 amide bonds. The Morgan fingerprint density at radius 2 is 2.00 bits per heavy atom. The molecule has 2 rings (SSSR count). The molecule has 0 saturated carbocycles. The molecule has 0 atom stereocenters. The van der Waals surface area contributed by atoms with Gasteiger partial charge in [0.2, 0.25) is 5.88 Å². The van der Waals surface area contributed by atoms with Crippen molar-refractivity contribution in [3.63, 3.8) is 0 Å². The van der Waals surface area contributed by atoms with Gasteiger partial charge in [-0.05, 0) is 18.6 Å². The highest BCUT2D eigenvalue weighted by atomic mass is 16.5. The monoisotopic (exact) mass is 288 g/mol. The highest BCUT2D eigenvalue weighted by Crippen LogP contribution is 2.19. The first-order valence-corrected chi connectivity index (χ1v) is 6.95. The summed E-state index contributed by atoms with van der Waals surface area (Å²) < 4.78 is 11.0. The molecule has 0 aliphatic rings. The van der Waals surface area contributed by atoms with Crippen molar-refractivity contribution in [1.82, 2.24) is 9.97 Å². The summed E-state index contributed by atoms with van der Waals surface area (Å²) in [4.78, 5) is 8.37. The van der Waals surface area contributed by atoms with Crippen LogP contribution in [-0.4, -0.2) is 29.7 Å². The van der Waals surface area contributed by atoms with E-state index < -0.39 is 0 Å². The molecule has 0 unspecified atom stereocenters. The molecular weight excluding hydrogens is 268 g/mol. The number of hydrogen-bond donors (Lipinski definition) is 2. The SMILES string of the molecule is CCCOc1cncc(NCCOc2ccccc2N)n1. The van der Waals surface area contributed by atoms with Crippen molar-refractivity contribution in [3.05, 3.63) is 36.7 Å². The van der Waals surface area contributed by atoms with Gasteiger partial charge >= 0.3 is 0 Å². The van der Waals surface area contributed by atoms with Gasteiger partial charge in [0.05, 0.1) is 31.2 Å². The number of benzene rings is 1. The molecule has 0 aliphatic heterocycles. The van der Waals surface area contributed by atoms with Crippen LogP contribution in [0.1, 0.15) is 13.3 Å². The molecule has 0 aliphatic carbocycles. The van der Waals surface area contributed by atoms with E-state index in [1.807, 2.05) is 31.2 Å². The molecule has 0 fully saturated rings. The van der Waals surface area contributed by atoms with E-state index in [4.69, 9.17) is 15.2 Å². The first-order valence-electron chi connectivity index (χ1n) is 6.95. The molecule has 1 aromatic heterocycles. The highest BCUT2D eigenvalue weighted by molar-refractivity contribution is 5.51. The molecule has 6 heteroatoms. The average molecular weight is 288 g/mol. The Morgan fingerprint density at radius 3 is 2.81 bits per heavy atom. The van der Waals surface area contributed by atoms with Crippen LogP contribution < -0.4 is 20.5 Å². The van der Waals surface area contributed by atoms with Gasteiger partial charge in [0, 0.05) is 0 Å². The Kier molecular flexibility index (Phi) is 5.63. The molecule has 0 spiro atoms. The molecule has 0 bridgehead atoms. The van der Waals surface area contributed by atoms with Crippen LogP contribution in [-0.2, 0) is 0 Å². The Bertz CT molecular complexity index is 563. The van der Waals surface area contributed by atoms with Crippen LogP contribution in [0.25, 0.3) is 0 Å². The lowest BCUT2D eigenvalue weighted by Crippen LogP contribution is -2.13. The number of nitrogens with two attached hydrogens (primary N) is 1. The van der Waals surface area contributed by atoms with Crippen LogP contribution in [0, 0.1) is 0 Å². The van der Waals surface area contributed by atoms with Crippen molar-refractivity contribution in [2.75, 3.05) is 30.8 Å². The number of nitrogens with zero attached hydrogens (tertiary/aromatic N) is 2. The maximum absolute atomic E-state index is 5.80. The molecule has 0 radical (unpaired) electrons. The van der Waals surface area contributed by atoms with Gasteiger partial charge < -0.3 is 20.5 Å². The average Bonchev–Trinajstić information content (AvgIpc) is 2.51. The predicted octanol–water partition coefficient (Wildman–Crippen LogP) is 2.34. The fraction of sp³-hybridized carbons (Fsp3) is 0.333. The van der Waals surface area contributed by atoms with Gasteiger partial charge in [-0.25, -0.2) is 0 Å². The Balaban J connectivity index is 1.77. The van der Waals surface area contributed by atoms with Crippen molar-refractivity contribution in [3.8, 4) is 11.6 Å². The zero-order valence-electron chi connectivity index (χ0n) is 12.1. The zero-order chi connectivity index (χ0) is 14.9. The smallest absolute Gasteiger partial charge is 0.234 e. The third-order valence-electron chi connectivity index (χ3n) is 2.65. The number of aromatic nitrogens is 2. The fourth-order valence-electron chi connectivity index (χ4n) is 1.66. The van der Waals surface area contributed by atoms with E-state index in [0.29, 0.717) is 42.9 Å². The second-order valence-electron chi connectivity index (χ2n) is 4.40. The number of nitrogen functional groups attached to an aromatic ring is 1. The van der Waals surface area contributed by atoms with Crippen molar-refractivity contribution in [2.24, 2.45) is 0 Å². The van der Waals surface area contributed by atoms with E-state index >= 15 is 0 Å². The van der Waals surface area contributed by atoms with Gasteiger partial charge in [-0.1, -0.05) is 19.1 Å². The summed E-state index contributed by atoms with van der Waals surface area (Å²) in [6.07, 6.45) is 4.18. The molecule has 1 heterocycles. The van der Waals surface area contributed by atoms with Gasteiger partial charge in [-0.15, -0.1) is 0 Å². The van der Waals surface area contributed by atoms with Crippen molar-refractivity contribution in [2.45, 2.75) is 13.3 Å². The lowest BCUT2D eigenvalue weighted by molar-refractivity contribution is 0.304. The van der Waals surface area contributed by atoms with E-state index in [0.717, 1.165) is 6.42 Å². The van der Waals surface area contributed by atoms with Crippen molar-refractivity contribution < 1.29 is 9.47 Å². The van der Waals surface area contributed by atoms with E-state index in [9.17, 15) is 0 Å². The van der Waals surface area contributed by atoms with Crippen LogP contribution in [0.2, 0.25) is 0 Å². The molecule has 3 N–H and O–H groups in total. The van der Waals surface area contributed by atoms with Crippen molar-refractivity contribution >= 4 is 11.5 Å².